The van der Waals surface area contributed by atoms with E-state index in [0.717, 1.165) is 52.8 Å². The van der Waals surface area contributed by atoms with E-state index < -0.39 is 0 Å². The summed E-state index contributed by atoms with van der Waals surface area (Å²) in [6, 6.07) is 6.31. The minimum Gasteiger partial charge on any atom is -0.497 e. The second kappa shape index (κ2) is 10.0. The van der Waals surface area contributed by atoms with E-state index in [2.05, 4.69) is 4.90 Å². The van der Waals surface area contributed by atoms with Gasteiger partial charge in [0.2, 0.25) is 0 Å². The molecule has 1 aromatic carbocycles. The monoisotopic (exact) mass is 443 g/mol. The van der Waals surface area contributed by atoms with Crippen molar-refractivity contribution in [2.45, 2.75) is 51.5 Å². The van der Waals surface area contributed by atoms with Crippen LogP contribution in [0.2, 0.25) is 0 Å². The molecule has 0 spiro atoms. The molecule has 0 aliphatic carbocycles. The van der Waals surface area contributed by atoms with Crippen molar-refractivity contribution in [3.05, 3.63) is 28.8 Å². The molecule has 0 N–H and O–H groups in total. The normalized spacial score (nSPS) is 18.6. The van der Waals surface area contributed by atoms with Crippen LogP contribution in [0.1, 0.15) is 53.9 Å². The first kappa shape index (κ1) is 22.1. The van der Waals surface area contributed by atoms with Gasteiger partial charge in [0.15, 0.2) is 0 Å². The summed E-state index contributed by atoms with van der Waals surface area (Å²) in [5, 5.41) is 0.805. The minimum atomic E-state index is 0.114. The molecule has 2 aliphatic rings. The summed E-state index contributed by atoms with van der Waals surface area (Å²) in [7, 11) is 3.27. The second-order valence-corrected chi connectivity index (χ2v) is 9.47. The number of amides is 1. The molecule has 2 aliphatic heterocycles. The van der Waals surface area contributed by atoms with Gasteiger partial charge in [-0.15, -0.1) is 11.3 Å². The lowest BCUT2D eigenvalue weighted by atomic mass is 10.0. The second-order valence-electron chi connectivity index (χ2n) is 8.47. The molecule has 2 aromatic rings. The molecule has 2 saturated heterocycles. The third-order valence-corrected chi connectivity index (χ3v) is 7.72. The lowest BCUT2D eigenvalue weighted by molar-refractivity contribution is 0.0626. The molecule has 0 unspecified atom stereocenters. The molecule has 31 heavy (non-hydrogen) atoms. The SMILES string of the molecule is COc1ccc(-c2nc(C)c(C(=O)N3CCC(N4CCCCCC4)CC3)s2)c(OC)c1. The quantitative estimate of drug-likeness (QED) is 0.675. The third-order valence-electron chi connectivity index (χ3n) is 6.54. The van der Waals surface area contributed by atoms with Gasteiger partial charge in [-0.25, -0.2) is 4.98 Å². The maximum atomic E-state index is 13.3. The molecule has 7 heteroatoms. The van der Waals surface area contributed by atoms with Gasteiger partial charge < -0.3 is 19.3 Å². The van der Waals surface area contributed by atoms with Gasteiger partial charge in [0.1, 0.15) is 21.4 Å². The zero-order chi connectivity index (χ0) is 21.8. The first-order chi connectivity index (χ1) is 15.1. The highest BCUT2D eigenvalue weighted by molar-refractivity contribution is 7.17. The number of benzene rings is 1. The average Bonchev–Trinajstić information content (AvgIpc) is 3.01. The van der Waals surface area contributed by atoms with Crippen LogP contribution < -0.4 is 9.47 Å². The van der Waals surface area contributed by atoms with E-state index in [4.69, 9.17) is 14.5 Å². The first-order valence-corrected chi connectivity index (χ1v) is 12.2. The summed E-state index contributed by atoms with van der Waals surface area (Å²) in [4.78, 5) is 23.4. The fraction of sp³-hybridized carbons (Fsp3) is 0.583. The van der Waals surface area contributed by atoms with E-state index in [0.29, 0.717) is 11.8 Å². The highest BCUT2D eigenvalue weighted by atomic mass is 32.1. The fourth-order valence-corrected chi connectivity index (χ4v) is 5.79. The van der Waals surface area contributed by atoms with Gasteiger partial charge in [-0.3, -0.25) is 4.79 Å². The number of nitrogens with zero attached hydrogens (tertiary/aromatic N) is 3. The van der Waals surface area contributed by atoms with Crippen molar-refractivity contribution in [2.24, 2.45) is 0 Å². The molecule has 1 aromatic heterocycles. The van der Waals surface area contributed by atoms with Crippen LogP contribution in [0.4, 0.5) is 0 Å². The molecule has 0 atom stereocenters. The number of likely N-dealkylation sites (tertiary alicyclic amines) is 2. The van der Waals surface area contributed by atoms with Crippen LogP contribution >= 0.6 is 11.3 Å². The molecular weight excluding hydrogens is 410 g/mol. The van der Waals surface area contributed by atoms with Crippen molar-refractivity contribution in [1.82, 2.24) is 14.8 Å². The summed E-state index contributed by atoms with van der Waals surface area (Å²) >= 11 is 1.46. The van der Waals surface area contributed by atoms with E-state index in [-0.39, 0.29) is 5.91 Å². The largest absolute Gasteiger partial charge is 0.497 e. The number of thiazole rings is 1. The number of hydrogen-bond donors (Lipinski definition) is 0. The van der Waals surface area contributed by atoms with E-state index in [9.17, 15) is 4.79 Å². The topological polar surface area (TPSA) is 54.9 Å². The molecule has 168 valence electrons. The molecule has 2 fully saturated rings. The fourth-order valence-electron chi connectivity index (χ4n) is 4.72. The number of rotatable bonds is 5. The van der Waals surface area contributed by atoms with Crippen LogP contribution in [-0.2, 0) is 0 Å². The molecule has 4 rings (SSSR count). The lowest BCUT2D eigenvalue weighted by Crippen LogP contribution is -2.47. The number of ether oxygens (including phenoxy) is 2. The van der Waals surface area contributed by atoms with Gasteiger partial charge in [-0.05, 0) is 57.8 Å². The zero-order valence-electron chi connectivity index (χ0n) is 18.9. The Balaban J connectivity index is 1.45. The summed E-state index contributed by atoms with van der Waals surface area (Å²) in [6.45, 7) is 6.03. The van der Waals surface area contributed by atoms with Crippen molar-refractivity contribution in [2.75, 3.05) is 40.4 Å². The number of carbonyl (C=O) groups excluding carboxylic acids is 1. The van der Waals surface area contributed by atoms with Crippen molar-refractivity contribution < 1.29 is 14.3 Å². The maximum Gasteiger partial charge on any atom is 0.265 e. The number of hydrogen-bond acceptors (Lipinski definition) is 6. The summed E-state index contributed by atoms with van der Waals surface area (Å²) in [5.74, 6) is 1.55. The van der Waals surface area contributed by atoms with Crippen LogP contribution in [0.15, 0.2) is 18.2 Å². The molecule has 1 amide bonds. The van der Waals surface area contributed by atoms with Crippen molar-refractivity contribution in [3.8, 4) is 22.1 Å². The average molecular weight is 444 g/mol. The Morgan fingerprint density at radius 3 is 2.39 bits per heavy atom. The number of carbonyl (C=O) groups is 1. The van der Waals surface area contributed by atoms with Gasteiger partial charge in [0, 0.05) is 25.2 Å². The van der Waals surface area contributed by atoms with Crippen molar-refractivity contribution >= 4 is 17.2 Å². The van der Waals surface area contributed by atoms with E-state index in [1.165, 1.54) is 50.1 Å². The van der Waals surface area contributed by atoms with Gasteiger partial charge in [0.05, 0.1) is 25.5 Å². The van der Waals surface area contributed by atoms with Crippen LogP contribution in [0.25, 0.3) is 10.6 Å². The lowest BCUT2D eigenvalue weighted by Gasteiger charge is -2.38. The molecule has 0 bridgehead atoms. The Labute approximate surface area is 189 Å². The molecule has 0 saturated carbocycles. The summed E-state index contributed by atoms with van der Waals surface area (Å²) < 4.78 is 10.8. The number of aryl methyl sites for hydroxylation is 1. The van der Waals surface area contributed by atoms with Gasteiger partial charge in [0.25, 0.3) is 5.91 Å². The van der Waals surface area contributed by atoms with Crippen molar-refractivity contribution in [3.63, 3.8) is 0 Å². The predicted molar refractivity (Wildman–Crippen MR) is 124 cm³/mol. The zero-order valence-corrected chi connectivity index (χ0v) is 19.7. The van der Waals surface area contributed by atoms with E-state index in [1.54, 1.807) is 14.2 Å². The highest BCUT2D eigenvalue weighted by Crippen LogP contribution is 2.37. The molecule has 0 radical (unpaired) electrons. The van der Waals surface area contributed by atoms with Crippen LogP contribution in [0.3, 0.4) is 0 Å². The highest BCUT2D eigenvalue weighted by Gasteiger charge is 2.29. The Kier molecular flexibility index (Phi) is 7.13. The minimum absolute atomic E-state index is 0.114. The smallest absolute Gasteiger partial charge is 0.265 e. The first-order valence-electron chi connectivity index (χ1n) is 11.3. The Bertz CT molecular complexity index is 897. The molecule has 6 nitrogen and oxygen atoms in total. The van der Waals surface area contributed by atoms with Crippen molar-refractivity contribution in [1.29, 1.82) is 0 Å². The Hall–Kier alpha value is -2.12. The molecular formula is C24H33N3O3S. The number of methoxy groups -OCH3 is 2. The Morgan fingerprint density at radius 2 is 1.74 bits per heavy atom. The number of aromatic nitrogens is 1. The molecule has 3 heterocycles. The van der Waals surface area contributed by atoms with Crippen LogP contribution in [-0.4, -0.2) is 67.1 Å². The standard InChI is InChI=1S/C24H33N3O3S/c1-17-22(31-23(25-17)20-9-8-19(29-2)16-21(20)30-3)24(28)27-14-10-18(11-15-27)26-12-6-4-5-7-13-26/h8-9,16,18H,4-7,10-15H2,1-3H3. The Morgan fingerprint density at radius 1 is 1.03 bits per heavy atom. The van der Waals surface area contributed by atoms with Crippen LogP contribution in [0, 0.1) is 6.92 Å². The van der Waals surface area contributed by atoms with Gasteiger partial charge in [-0.1, -0.05) is 12.8 Å². The van der Waals surface area contributed by atoms with Gasteiger partial charge in [-0.2, -0.15) is 0 Å². The number of piperidine rings is 1. The maximum absolute atomic E-state index is 13.3. The van der Waals surface area contributed by atoms with E-state index >= 15 is 0 Å². The summed E-state index contributed by atoms with van der Waals surface area (Å²) in [5.41, 5.74) is 1.67. The van der Waals surface area contributed by atoms with E-state index in [1.807, 2.05) is 30.0 Å². The third kappa shape index (κ3) is 4.88. The van der Waals surface area contributed by atoms with Crippen LogP contribution in [0.5, 0.6) is 11.5 Å². The predicted octanol–water partition coefficient (Wildman–Crippen LogP) is 4.62. The van der Waals surface area contributed by atoms with Gasteiger partial charge >= 0.3 is 0 Å². The summed E-state index contributed by atoms with van der Waals surface area (Å²) in [6.07, 6.45) is 7.50.